The van der Waals surface area contributed by atoms with Gasteiger partial charge in [0, 0.05) is 52.3 Å². The highest BCUT2D eigenvalue weighted by Crippen LogP contribution is 2.35. The van der Waals surface area contributed by atoms with E-state index in [9.17, 15) is 22.8 Å². The van der Waals surface area contributed by atoms with Crippen LogP contribution in [0.1, 0.15) is 11.3 Å². The summed E-state index contributed by atoms with van der Waals surface area (Å²) in [4.78, 5) is 27.7. The van der Waals surface area contributed by atoms with Crippen LogP contribution in [-0.4, -0.2) is 16.9 Å². The highest BCUT2D eigenvalue weighted by Gasteiger charge is 2.24. The largest absolute Gasteiger partial charge is 0.362 e. The van der Waals surface area contributed by atoms with Gasteiger partial charge in [-0.2, -0.15) is 0 Å². The number of aromatic nitrogens is 1. The van der Waals surface area contributed by atoms with Crippen LogP contribution in [0.3, 0.4) is 0 Å². The molecule has 3 aromatic carbocycles. The van der Waals surface area contributed by atoms with Crippen molar-refractivity contribution in [2.75, 3.05) is 21.3 Å². The van der Waals surface area contributed by atoms with E-state index < -0.39 is 23.5 Å². The molecule has 1 aromatic heterocycles. The van der Waals surface area contributed by atoms with Crippen molar-refractivity contribution in [3.63, 3.8) is 0 Å². The lowest BCUT2D eigenvalue weighted by molar-refractivity contribution is -0.110. The molecule has 7 nitrogen and oxygen atoms in total. The number of H-pyrrole nitrogens is 1. The molecule has 0 spiro atoms. The van der Waals surface area contributed by atoms with Crippen LogP contribution >= 0.6 is 0 Å². The maximum absolute atomic E-state index is 13.4. The summed E-state index contributed by atoms with van der Waals surface area (Å²) in [7, 11) is 0. The van der Waals surface area contributed by atoms with Gasteiger partial charge in [0.25, 0.3) is 5.91 Å². The van der Waals surface area contributed by atoms with Gasteiger partial charge in [-0.05, 0) is 48.5 Å². The van der Waals surface area contributed by atoms with E-state index in [0.717, 1.165) is 11.3 Å². The van der Waals surface area contributed by atoms with Gasteiger partial charge in [0.2, 0.25) is 0 Å². The first kappa shape index (κ1) is 22.8. The van der Waals surface area contributed by atoms with Gasteiger partial charge >= 0.3 is 6.03 Å². The van der Waals surface area contributed by atoms with Gasteiger partial charge in [0.15, 0.2) is 17.5 Å². The number of benzene rings is 3. The molecule has 0 saturated heterocycles. The summed E-state index contributed by atoms with van der Waals surface area (Å²) < 4.78 is 39.8. The Morgan fingerprint density at radius 2 is 1.53 bits per heavy atom. The van der Waals surface area contributed by atoms with Crippen LogP contribution in [0.4, 0.5) is 46.4 Å². The molecule has 0 fully saturated rings. The minimum Gasteiger partial charge on any atom is -0.362 e. The summed E-state index contributed by atoms with van der Waals surface area (Å²) in [6.07, 6.45) is 3.56. The molecule has 0 radical (unpaired) electrons. The number of halogens is 3. The number of hydrogen-bond acceptors (Lipinski definition) is 3. The number of carbonyl (C=O) groups is 2. The second kappa shape index (κ2) is 9.34. The van der Waals surface area contributed by atoms with Crippen LogP contribution in [-0.2, 0) is 4.79 Å². The Morgan fingerprint density at radius 1 is 0.806 bits per heavy atom. The maximum Gasteiger partial charge on any atom is 0.323 e. The van der Waals surface area contributed by atoms with Gasteiger partial charge in [-0.25, -0.2) is 18.0 Å². The topological polar surface area (TPSA) is 98.1 Å². The van der Waals surface area contributed by atoms with Crippen molar-refractivity contribution in [2.24, 2.45) is 0 Å². The van der Waals surface area contributed by atoms with Gasteiger partial charge < -0.3 is 26.3 Å². The number of aromatic amines is 1. The fraction of sp³-hybridized carbons (Fsp3) is 0. The first-order valence-corrected chi connectivity index (χ1v) is 10.8. The van der Waals surface area contributed by atoms with Gasteiger partial charge in [0.1, 0.15) is 0 Å². The third-order valence-electron chi connectivity index (χ3n) is 5.38. The normalized spacial score (nSPS) is 13.3. The van der Waals surface area contributed by atoms with Crippen LogP contribution in [0.25, 0.3) is 11.6 Å². The molecular weight excluding hydrogens is 471 g/mol. The Hall–Kier alpha value is -4.99. The van der Waals surface area contributed by atoms with Crippen molar-refractivity contribution in [3.8, 4) is 0 Å². The predicted molar refractivity (Wildman–Crippen MR) is 132 cm³/mol. The van der Waals surface area contributed by atoms with Crippen molar-refractivity contribution < 1.29 is 22.8 Å². The molecule has 180 valence electrons. The molecule has 4 aromatic rings. The molecule has 0 saturated carbocycles. The highest BCUT2D eigenvalue weighted by atomic mass is 19.2. The standard InChI is InChI=1S/C26H18F3N5O2/c27-21-11-18(12-22(28)24(21)29)33-26(36)32-16-4-1-3-15(9-16)31-17-6-7-19-20(10-14-5-2-8-30-14)25(35)34-23(19)13-17/h1-13,30-31H,(H,34,35)(H2,32,33,36). The highest BCUT2D eigenvalue weighted by molar-refractivity contribution is 6.35. The van der Waals surface area contributed by atoms with Gasteiger partial charge in [0.05, 0.1) is 11.3 Å². The number of anilines is 5. The van der Waals surface area contributed by atoms with E-state index in [4.69, 9.17) is 0 Å². The van der Waals surface area contributed by atoms with Crippen molar-refractivity contribution >= 4 is 52.0 Å². The van der Waals surface area contributed by atoms with E-state index in [0.29, 0.717) is 40.5 Å². The summed E-state index contributed by atoms with van der Waals surface area (Å²) in [6.45, 7) is 0. The molecule has 3 amide bonds. The number of carbonyl (C=O) groups excluding carboxylic acids is 2. The molecule has 0 aliphatic carbocycles. The average Bonchev–Trinajstić information content (AvgIpc) is 3.45. The molecule has 1 aliphatic heterocycles. The number of nitrogens with one attached hydrogen (secondary N) is 5. The number of rotatable bonds is 5. The zero-order chi connectivity index (χ0) is 25.2. The van der Waals surface area contributed by atoms with Crippen LogP contribution in [0.15, 0.2) is 72.9 Å². The first-order valence-electron chi connectivity index (χ1n) is 10.8. The SMILES string of the molecule is O=C(Nc1cccc(Nc2ccc3c(c2)NC(=O)C3=Cc2ccc[nH]2)c1)Nc1cc(F)c(F)c(F)c1. The lowest BCUT2D eigenvalue weighted by Crippen LogP contribution is -2.19. The van der Waals surface area contributed by atoms with Gasteiger partial charge in [-0.1, -0.05) is 12.1 Å². The second-order valence-corrected chi connectivity index (χ2v) is 7.94. The van der Waals surface area contributed by atoms with Crippen LogP contribution in [0.2, 0.25) is 0 Å². The number of urea groups is 1. The summed E-state index contributed by atoms with van der Waals surface area (Å²) in [5, 5.41) is 10.9. The molecule has 5 N–H and O–H groups in total. The van der Waals surface area contributed by atoms with Gasteiger partial charge in [-0.3, -0.25) is 4.79 Å². The maximum atomic E-state index is 13.4. The third kappa shape index (κ3) is 4.78. The second-order valence-electron chi connectivity index (χ2n) is 7.94. The first-order chi connectivity index (χ1) is 17.4. The van der Waals surface area contributed by atoms with Crippen LogP contribution in [0.5, 0.6) is 0 Å². The number of amides is 3. The fourth-order valence-corrected chi connectivity index (χ4v) is 3.77. The van der Waals surface area contributed by atoms with E-state index in [1.165, 1.54) is 0 Å². The Bertz CT molecular complexity index is 1490. The summed E-state index contributed by atoms with van der Waals surface area (Å²) in [5.41, 5.74) is 4.31. The zero-order valence-electron chi connectivity index (χ0n) is 18.5. The average molecular weight is 489 g/mol. The van der Waals surface area contributed by atoms with Crippen molar-refractivity contribution in [1.82, 2.24) is 4.98 Å². The van der Waals surface area contributed by atoms with E-state index in [1.807, 2.05) is 24.3 Å². The Kier molecular flexibility index (Phi) is 5.91. The molecule has 10 heteroatoms. The number of hydrogen-bond donors (Lipinski definition) is 5. The van der Waals surface area contributed by atoms with Crippen molar-refractivity contribution in [1.29, 1.82) is 0 Å². The zero-order valence-corrected chi connectivity index (χ0v) is 18.5. The van der Waals surface area contributed by atoms with Gasteiger partial charge in [-0.15, -0.1) is 0 Å². The third-order valence-corrected chi connectivity index (χ3v) is 5.38. The minimum absolute atomic E-state index is 0.199. The smallest absolute Gasteiger partial charge is 0.323 e. The molecule has 2 heterocycles. The molecule has 5 rings (SSSR count). The minimum atomic E-state index is -1.61. The molecular formula is C26H18F3N5O2. The Labute approximate surface area is 203 Å². The summed E-state index contributed by atoms with van der Waals surface area (Å²) in [6, 6.07) is 16.5. The van der Waals surface area contributed by atoms with Crippen LogP contribution in [0, 0.1) is 17.5 Å². The Balaban J connectivity index is 1.28. The lowest BCUT2D eigenvalue weighted by atomic mass is 10.1. The fourth-order valence-electron chi connectivity index (χ4n) is 3.77. The summed E-state index contributed by atoms with van der Waals surface area (Å²) in [5.74, 6) is -4.63. The van der Waals surface area contributed by atoms with Crippen molar-refractivity contribution in [2.45, 2.75) is 0 Å². The Morgan fingerprint density at radius 3 is 2.28 bits per heavy atom. The predicted octanol–water partition coefficient (Wildman–Crippen LogP) is 6.31. The number of fused-ring (bicyclic) bond motifs is 1. The summed E-state index contributed by atoms with van der Waals surface area (Å²) >= 11 is 0. The molecule has 0 atom stereocenters. The van der Waals surface area contributed by atoms with E-state index in [2.05, 4.69) is 26.3 Å². The lowest BCUT2D eigenvalue weighted by Gasteiger charge is -2.12. The van der Waals surface area contributed by atoms with Crippen molar-refractivity contribution in [3.05, 3.63) is 102 Å². The van der Waals surface area contributed by atoms with E-state index in [-0.39, 0.29) is 11.6 Å². The molecule has 36 heavy (non-hydrogen) atoms. The van der Waals surface area contributed by atoms with Crippen LogP contribution < -0.4 is 21.3 Å². The monoisotopic (exact) mass is 489 g/mol. The van der Waals surface area contributed by atoms with E-state index >= 15 is 0 Å². The van der Waals surface area contributed by atoms with E-state index in [1.54, 1.807) is 42.6 Å². The molecule has 1 aliphatic rings. The molecule has 0 unspecified atom stereocenters. The molecule has 0 bridgehead atoms. The quantitative estimate of drug-likeness (QED) is 0.168.